The van der Waals surface area contributed by atoms with Crippen molar-refractivity contribution in [3.63, 3.8) is 0 Å². The van der Waals surface area contributed by atoms with Gasteiger partial charge in [-0.15, -0.1) is 0 Å². The van der Waals surface area contributed by atoms with E-state index < -0.39 is 18.0 Å². The van der Waals surface area contributed by atoms with Gasteiger partial charge in [-0.1, -0.05) is 44.9 Å². The Labute approximate surface area is 152 Å². The molecule has 0 aromatic carbocycles. The van der Waals surface area contributed by atoms with Crippen molar-refractivity contribution in [3.05, 3.63) is 0 Å². The Balaban J connectivity index is 4.05. The van der Waals surface area contributed by atoms with Crippen molar-refractivity contribution in [2.24, 2.45) is 0 Å². The van der Waals surface area contributed by atoms with E-state index in [0.29, 0.717) is 10.9 Å². The van der Waals surface area contributed by atoms with Crippen LogP contribution < -0.4 is 0 Å². The maximum Gasteiger partial charge on any atom is 0.306 e. The number of aliphatic hydroxyl groups is 2. The first-order valence-corrected chi connectivity index (χ1v) is 9.49. The highest BCUT2D eigenvalue weighted by Crippen LogP contribution is 2.20. The molecule has 0 fully saturated rings. The van der Waals surface area contributed by atoms with Crippen LogP contribution in [0, 0.1) is 0 Å². The maximum atomic E-state index is 12.4. The molecule has 0 aliphatic rings. The summed E-state index contributed by atoms with van der Waals surface area (Å²) < 4.78 is 0.339. The zero-order chi connectivity index (χ0) is 19.3. The summed E-state index contributed by atoms with van der Waals surface area (Å²) in [6, 6.07) is 0. The highest BCUT2D eigenvalue weighted by molar-refractivity contribution is 5.90. The van der Waals surface area contributed by atoms with Gasteiger partial charge < -0.3 is 19.8 Å². The number of ketones is 1. The third-order valence-electron chi connectivity index (χ3n) is 4.26. The van der Waals surface area contributed by atoms with Crippen LogP contribution in [0.2, 0.25) is 0 Å². The number of carbonyl (C=O) groups excluding carboxylic acids is 1. The second kappa shape index (κ2) is 12.4. The standard InChI is InChI=1S/C19H37NO5/c1-20(2,3)16-19(25,15-18(23)24)17(22)13-11-9-7-5-4-6-8-10-12-14-21/h21,25H,4-16H2,1-3H3/p+1. The number of likely N-dealkylation sites (N-methyl/N-ethyl adjacent to an activating group) is 1. The Morgan fingerprint density at radius 3 is 1.68 bits per heavy atom. The first kappa shape index (κ1) is 24.0. The predicted molar refractivity (Wildman–Crippen MR) is 98.4 cm³/mol. The Morgan fingerprint density at radius 1 is 0.840 bits per heavy atom. The number of hydrogen-bond acceptors (Lipinski definition) is 4. The molecule has 0 saturated heterocycles. The number of hydrogen-bond donors (Lipinski definition) is 3. The van der Waals surface area contributed by atoms with Crippen LogP contribution >= 0.6 is 0 Å². The molecule has 0 spiro atoms. The molecular weight excluding hydrogens is 322 g/mol. The van der Waals surface area contributed by atoms with Crippen molar-refractivity contribution < 1.29 is 29.4 Å². The number of aliphatic hydroxyl groups excluding tert-OH is 1. The van der Waals surface area contributed by atoms with E-state index in [4.69, 9.17) is 10.2 Å². The minimum absolute atomic E-state index is 0.103. The lowest BCUT2D eigenvalue weighted by Crippen LogP contribution is -2.54. The molecule has 25 heavy (non-hydrogen) atoms. The van der Waals surface area contributed by atoms with Gasteiger partial charge in [0.1, 0.15) is 6.54 Å². The van der Waals surface area contributed by atoms with Crippen LogP contribution in [-0.4, -0.2) is 71.5 Å². The van der Waals surface area contributed by atoms with Crippen molar-refractivity contribution in [1.82, 2.24) is 0 Å². The minimum Gasteiger partial charge on any atom is -0.481 e. The molecule has 1 unspecified atom stereocenters. The zero-order valence-corrected chi connectivity index (χ0v) is 16.3. The number of rotatable bonds is 16. The topological polar surface area (TPSA) is 94.8 Å². The molecule has 0 aliphatic carbocycles. The van der Waals surface area contributed by atoms with Gasteiger partial charge in [-0.2, -0.15) is 0 Å². The molecule has 0 aliphatic heterocycles. The molecule has 6 heteroatoms. The number of Topliss-reactive ketones (excluding diaryl/α,β-unsaturated/α-hetero) is 1. The van der Waals surface area contributed by atoms with Crippen molar-refractivity contribution >= 4 is 11.8 Å². The van der Waals surface area contributed by atoms with Crippen LogP contribution in [0.1, 0.15) is 70.6 Å². The van der Waals surface area contributed by atoms with Gasteiger partial charge in [0, 0.05) is 13.0 Å². The lowest BCUT2D eigenvalue weighted by molar-refractivity contribution is -0.875. The Kier molecular flexibility index (Phi) is 11.9. The second-order valence-electron chi connectivity index (χ2n) is 8.13. The van der Waals surface area contributed by atoms with Gasteiger partial charge in [-0.3, -0.25) is 9.59 Å². The molecule has 6 nitrogen and oxygen atoms in total. The maximum absolute atomic E-state index is 12.4. The fourth-order valence-electron chi connectivity index (χ4n) is 3.15. The number of aliphatic carboxylic acids is 1. The predicted octanol–water partition coefficient (Wildman–Crippen LogP) is 2.36. The molecule has 0 saturated carbocycles. The third kappa shape index (κ3) is 13.0. The van der Waals surface area contributed by atoms with Crippen LogP contribution in [0.15, 0.2) is 0 Å². The highest BCUT2D eigenvalue weighted by Gasteiger charge is 2.42. The number of carbonyl (C=O) groups is 2. The third-order valence-corrected chi connectivity index (χ3v) is 4.26. The molecule has 0 radical (unpaired) electrons. The molecule has 0 bridgehead atoms. The lowest BCUT2D eigenvalue weighted by atomic mass is 9.89. The van der Waals surface area contributed by atoms with Gasteiger partial charge in [0.15, 0.2) is 11.4 Å². The summed E-state index contributed by atoms with van der Waals surface area (Å²) in [6.07, 6.45) is 8.99. The van der Waals surface area contributed by atoms with Crippen LogP contribution in [0.4, 0.5) is 0 Å². The number of nitrogens with zero attached hydrogens (tertiary/aromatic N) is 1. The van der Waals surface area contributed by atoms with E-state index in [9.17, 15) is 14.7 Å². The average molecular weight is 361 g/mol. The highest BCUT2D eigenvalue weighted by atomic mass is 16.4. The smallest absolute Gasteiger partial charge is 0.306 e. The first-order valence-electron chi connectivity index (χ1n) is 9.49. The Hall–Kier alpha value is -0.980. The Bertz CT molecular complexity index is 392. The van der Waals surface area contributed by atoms with Gasteiger partial charge in [-0.25, -0.2) is 0 Å². The van der Waals surface area contributed by atoms with Gasteiger partial charge >= 0.3 is 5.97 Å². The summed E-state index contributed by atoms with van der Waals surface area (Å²) in [6.45, 7) is 0.377. The number of carboxylic acid groups (broad SMARTS) is 1. The fraction of sp³-hybridized carbons (Fsp3) is 0.895. The van der Waals surface area contributed by atoms with E-state index in [-0.39, 0.29) is 25.4 Å². The van der Waals surface area contributed by atoms with Gasteiger partial charge in [0.25, 0.3) is 0 Å². The van der Waals surface area contributed by atoms with Gasteiger partial charge in [-0.05, 0) is 12.8 Å². The van der Waals surface area contributed by atoms with E-state index >= 15 is 0 Å². The van der Waals surface area contributed by atoms with Crippen LogP contribution in [0.3, 0.4) is 0 Å². The Morgan fingerprint density at radius 2 is 1.28 bits per heavy atom. The molecule has 148 valence electrons. The summed E-state index contributed by atoms with van der Waals surface area (Å²) in [5.74, 6) is -1.50. The minimum atomic E-state index is -1.78. The van der Waals surface area contributed by atoms with E-state index in [0.717, 1.165) is 38.5 Å². The monoisotopic (exact) mass is 360 g/mol. The quantitative estimate of drug-likeness (QED) is 0.290. The van der Waals surface area contributed by atoms with Gasteiger partial charge in [0.2, 0.25) is 0 Å². The lowest BCUT2D eigenvalue weighted by Gasteiger charge is -2.33. The summed E-state index contributed by atoms with van der Waals surface area (Å²) >= 11 is 0. The van der Waals surface area contributed by atoms with Crippen molar-refractivity contribution in [2.75, 3.05) is 34.3 Å². The SMILES string of the molecule is C[N+](C)(C)CC(O)(CC(=O)O)C(=O)CCCCCCCCCCCO. The molecule has 3 N–H and O–H groups in total. The zero-order valence-electron chi connectivity index (χ0n) is 16.3. The first-order chi connectivity index (χ1) is 11.6. The average Bonchev–Trinajstić information content (AvgIpc) is 2.46. The van der Waals surface area contributed by atoms with E-state index in [1.165, 1.54) is 12.8 Å². The second-order valence-corrected chi connectivity index (χ2v) is 8.13. The molecule has 0 amide bonds. The van der Waals surface area contributed by atoms with Crippen molar-refractivity contribution in [1.29, 1.82) is 0 Å². The number of carboxylic acids is 1. The summed E-state index contributed by atoms with van der Waals surface area (Å²) in [5, 5.41) is 28.3. The molecule has 1 atom stereocenters. The fourth-order valence-corrected chi connectivity index (χ4v) is 3.15. The van der Waals surface area contributed by atoms with Gasteiger partial charge in [0.05, 0.1) is 27.6 Å². The van der Waals surface area contributed by atoms with E-state index in [1.807, 2.05) is 21.1 Å². The molecule has 0 heterocycles. The van der Waals surface area contributed by atoms with Crippen molar-refractivity contribution in [3.8, 4) is 0 Å². The van der Waals surface area contributed by atoms with E-state index in [1.54, 1.807) is 0 Å². The van der Waals surface area contributed by atoms with Crippen LogP contribution in [0.25, 0.3) is 0 Å². The van der Waals surface area contributed by atoms with Crippen molar-refractivity contribution in [2.45, 2.75) is 76.2 Å². The molecule has 0 rings (SSSR count). The summed E-state index contributed by atoms with van der Waals surface area (Å²) in [7, 11) is 5.50. The van der Waals surface area contributed by atoms with E-state index in [2.05, 4.69) is 0 Å². The molecule has 0 aromatic rings. The molecular formula is C19H38NO5+. The van der Waals surface area contributed by atoms with Crippen LogP contribution in [-0.2, 0) is 9.59 Å². The molecule has 0 aromatic heterocycles. The van der Waals surface area contributed by atoms with Crippen LogP contribution in [0.5, 0.6) is 0 Å². The number of unbranched alkanes of at least 4 members (excludes halogenated alkanes) is 8. The number of quaternary nitrogens is 1. The largest absolute Gasteiger partial charge is 0.481 e. The normalized spacial score (nSPS) is 14.3. The summed E-state index contributed by atoms with van der Waals surface area (Å²) in [4.78, 5) is 23.4. The summed E-state index contributed by atoms with van der Waals surface area (Å²) in [5.41, 5.74) is -1.78.